The number of nitrogens with one attached hydrogen (secondary N) is 2. The van der Waals surface area contributed by atoms with Crippen molar-refractivity contribution in [1.82, 2.24) is 19.8 Å². The zero-order valence-electron chi connectivity index (χ0n) is 13.2. The van der Waals surface area contributed by atoms with Crippen LogP contribution >= 0.6 is 0 Å². The van der Waals surface area contributed by atoms with Crippen LogP contribution in [0.5, 0.6) is 0 Å². The molecule has 6 nitrogen and oxygen atoms in total. The van der Waals surface area contributed by atoms with Crippen molar-refractivity contribution in [2.45, 2.75) is 6.42 Å². The van der Waals surface area contributed by atoms with E-state index in [0.717, 1.165) is 50.5 Å². The first-order chi connectivity index (χ1) is 11.3. The molecule has 0 saturated carbocycles. The molecule has 23 heavy (non-hydrogen) atoms. The van der Waals surface area contributed by atoms with E-state index in [1.807, 2.05) is 41.4 Å². The SMILES string of the molecule is O=C(CNc1ccccc1)N1CCN(CCc2cnc[nH]2)CC1. The smallest absolute Gasteiger partial charge is 0.241 e. The van der Waals surface area contributed by atoms with Crippen molar-refractivity contribution >= 4 is 11.6 Å². The molecule has 0 spiro atoms. The fourth-order valence-electron chi connectivity index (χ4n) is 2.77. The van der Waals surface area contributed by atoms with Gasteiger partial charge in [-0.2, -0.15) is 0 Å². The Balaban J connectivity index is 1.37. The molecule has 1 amide bonds. The lowest BCUT2D eigenvalue weighted by Gasteiger charge is -2.34. The summed E-state index contributed by atoms with van der Waals surface area (Å²) in [5.74, 6) is 0.169. The van der Waals surface area contributed by atoms with Crippen molar-refractivity contribution in [3.63, 3.8) is 0 Å². The number of carbonyl (C=O) groups is 1. The standard InChI is InChI=1S/C17H23N5O/c23-17(13-19-15-4-2-1-3-5-15)22-10-8-21(9-11-22)7-6-16-12-18-14-20-16/h1-5,12,14,19H,6-11,13H2,(H,18,20). The summed E-state index contributed by atoms with van der Waals surface area (Å²) >= 11 is 0. The van der Waals surface area contributed by atoms with Crippen LogP contribution in [0.25, 0.3) is 0 Å². The molecule has 0 atom stereocenters. The van der Waals surface area contributed by atoms with Gasteiger partial charge in [-0.05, 0) is 12.1 Å². The zero-order chi connectivity index (χ0) is 15.9. The molecule has 6 heteroatoms. The quantitative estimate of drug-likeness (QED) is 0.841. The molecule has 0 unspecified atom stereocenters. The molecule has 2 aromatic rings. The van der Waals surface area contributed by atoms with Gasteiger partial charge < -0.3 is 15.2 Å². The Hall–Kier alpha value is -2.34. The highest BCUT2D eigenvalue weighted by molar-refractivity contribution is 5.81. The molecule has 122 valence electrons. The molecule has 1 aromatic heterocycles. The van der Waals surface area contributed by atoms with Gasteiger partial charge in [0.05, 0.1) is 12.9 Å². The van der Waals surface area contributed by atoms with Gasteiger partial charge in [-0.1, -0.05) is 18.2 Å². The number of para-hydroxylation sites is 1. The third kappa shape index (κ3) is 4.56. The average molecular weight is 313 g/mol. The fraction of sp³-hybridized carbons (Fsp3) is 0.412. The number of imidazole rings is 1. The van der Waals surface area contributed by atoms with Crippen LogP contribution in [0.15, 0.2) is 42.9 Å². The summed E-state index contributed by atoms with van der Waals surface area (Å²) in [6, 6.07) is 9.84. The molecule has 2 N–H and O–H groups in total. The molecular formula is C17H23N5O. The summed E-state index contributed by atoms with van der Waals surface area (Å²) in [6.45, 7) is 4.84. The first-order valence-corrected chi connectivity index (χ1v) is 8.07. The number of hydrogen-bond donors (Lipinski definition) is 2. The number of anilines is 1. The molecule has 0 aliphatic carbocycles. The minimum absolute atomic E-state index is 0.169. The van der Waals surface area contributed by atoms with Crippen molar-refractivity contribution < 1.29 is 4.79 Å². The van der Waals surface area contributed by atoms with Crippen LogP contribution < -0.4 is 5.32 Å². The number of aromatic amines is 1. The molecule has 1 aliphatic rings. The van der Waals surface area contributed by atoms with E-state index in [1.54, 1.807) is 6.33 Å². The van der Waals surface area contributed by atoms with Crippen LogP contribution in [0.4, 0.5) is 5.69 Å². The highest BCUT2D eigenvalue weighted by Crippen LogP contribution is 2.07. The Morgan fingerprint density at radius 3 is 2.65 bits per heavy atom. The number of piperazine rings is 1. The molecule has 1 fully saturated rings. The average Bonchev–Trinajstić information content (AvgIpc) is 3.13. The van der Waals surface area contributed by atoms with Crippen molar-refractivity contribution in [1.29, 1.82) is 0 Å². The van der Waals surface area contributed by atoms with Crippen molar-refractivity contribution in [3.8, 4) is 0 Å². The van der Waals surface area contributed by atoms with Crippen molar-refractivity contribution in [2.24, 2.45) is 0 Å². The van der Waals surface area contributed by atoms with Gasteiger partial charge in [0.25, 0.3) is 0 Å². The second kappa shape index (κ2) is 7.78. The second-order valence-corrected chi connectivity index (χ2v) is 5.77. The molecule has 2 heterocycles. The normalized spacial score (nSPS) is 15.6. The highest BCUT2D eigenvalue weighted by atomic mass is 16.2. The number of hydrogen-bond acceptors (Lipinski definition) is 4. The third-order valence-electron chi connectivity index (χ3n) is 4.19. The number of benzene rings is 1. The van der Waals surface area contributed by atoms with Crippen LogP contribution in [-0.2, 0) is 11.2 Å². The largest absolute Gasteiger partial charge is 0.376 e. The van der Waals surface area contributed by atoms with Crippen LogP contribution in [0.1, 0.15) is 5.69 Å². The molecule has 0 radical (unpaired) electrons. The van der Waals surface area contributed by atoms with E-state index in [-0.39, 0.29) is 5.91 Å². The monoisotopic (exact) mass is 313 g/mol. The van der Waals surface area contributed by atoms with E-state index >= 15 is 0 Å². The van der Waals surface area contributed by atoms with Gasteiger partial charge in [0.15, 0.2) is 0 Å². The topological polar surface area (TPSA) is 64.3 Å². The second-order valence-electron chi connectivity index (χ2n) is 5.77. The first kappa shape index (κ1) is 15.6. The number of nitrogens with zero attached hydrogens (tertiary/aromatic N) is 3. The van der Waals surface area contributed by atoms with Gasteiger partial charge in [-0.15, -0.1) is 0 Å². The third-order valence-corrected chi connectivity index (χ3v) is 4.19. The van der Waals surface area contributed by atoms with Gasteiger partial charge >= 0.3 is 0 Å². The van der Waals surface area contributed by atoms with E-state index < -0.39 is 0 Å². The number of H-pyrrole nitrogens is 1. The summed E-state index contributed by atoms with van der Waals surface area (Å²) in [6.07, 6.45) is 4.56. The van der Waals surface area contributed by atoms with Gasteiger partial charge in [0, 0.05) is 56.7 Å². The molecule has 0 bridgehead atoms. The van der Waals surface area contributed by atoms with Crippen molar-refractivity contribution in [2.75, 3.05) is 44.6 Å². The number of carbonyl (C=O) groups excluding carboxylic acids is 1. The summed E-state index contributed by atoms with van der Waals surface area (Å²) in [5.41, 5.74) is 2.15. The van der Waals surface area contributed by atoms with E-state index in [4.69, 9.17) is 0 Å². The molecule has 1 aliphatic heterocycles. The molecule has 1 aromatic carbocycles. The molecule has 1 saturated heterocycles. The Bertz CT molecular complexity index is 591. The highest BCUT2D eigenvalue weighted by Gasteiger charge is 2.20. The van der Waals surface area contributed by atoms with E-state index in [0.29, 0.717) is 6.54 Å². The number of amides is 1. The van der Waals surface area contributed by atoms with E-state index in [1.165, 1.54) is 0 Å². The lowest BCUT2D eigenvalue weighted by atomic mass is 10.2. The number of rotatable bonds is 6. The van der Waals surface area contributed by atoms with Gasteiger partial charge in [-0.25, -0.2) is 4.98 Å². The zero-order valence-corrected chi connectivity index (χ0v) is 13.2. The van der Waals surface area contributed by atoms with Crippen LogP contribution in [0, 0.1) is 0 Å². The maximum absolute atomic E-state index is 12.3. The van der Waals surface area contributed by atoms with Crippen LogP contribution in [0.2, 0.25) is 0 Å². The van der Waals surface area contributed by atoms with Gasteiger partial charge in [0.2, 0.25) is 5.91 Å². The first-order valence-electron chi connectivity index (χ1n) is 8.07. The predicted molar refractivity (Wildman–Crippen MR) is 90.2 cm³/mol. The summed E-state index contributed by atoms with van der Waals surface area (Å²) in [4.78, 5) is 23.8. The minimum Gasteiger partial charge on any atom is -0.376 e. The Labute approximate surface area is 136 Å². The minimum atomic E-state index is 0.169. The van der Waals surface area contributed by atoms with Crippen LogP contribution in [0.3, 0.4) is 0 Å². The molecule has 3 rings (SSSR count). The number of aromatic nitrogens is 2. The van der Waals surface area contributed by atoms with Gasteiger partial charge in [-0.3, -0.25) is 9.69 Å². The van der Waals surface area contributed by atoms with Crippen LogP contribution in [-0.4, -0.2) is 64.9 Å². The Kier molecular flexibility index (Phi) is 5.26. The summed E-state index contributed by atoms with van der Waals surface area (Å²) < 4.78 is 0. The van der Waals surface area contributed by atoms with E-state index in [2.05, 4.69) is 20.2 Å². The predicted octanol–water partition coefficient (Wildman–Crippen LogP) is 1.21. The summed E-state index contributed by atoms with van der Waals surface area (Å²) in [5, 5.41) is 3.18. The maximum atomic E-state index is 12.3. The lowest BCUT2D eigenvalue weighted by molar-refractivity contribution is -0.131. The molecular weight excluding hydrogens is 290 g/mol. The van der Waals surface area contributed by atoms with E-state index in [9.17, 15) is 4.79 Å². The fourth-order valence-corrected chi connectivity index (χ4v) is 2.77. The van der Waals surface area contributed by atoms with Gasteiger partial charge in [0.1, 0.15) is 0 Å². The van der Waals surface area contributed by atoms with Crippen molar-refractivity contribution in [3.05, 3.63) is 48.5 Å². The maximum Gasteiger partial charge on any atom is 0.241 e. The Morgan fingerprint density at radius 1 is 1.17 bits per heavy atom. The Morgan fingerprint density at radius 2 is 1.96 bits per heavy atom. The lowest BCUT2D eigenvalue weighted by Crippen LogP contribution is -2.50. The summed E-state index contributed by atoms with van der Waals surface area (Å²) in [7, 11) is 0.